The number of nitrogens with zero attached hydrogens (tertiary/aromatic N) is 1. The second-order valence-electron chi connectivity index (χ2n) is 8.12. The van der Waals surface area contributed by atoms with E-state index < -0.39 is 11.5 Å². The molecule has 2 heterocycles. The normalized spacial score (nSPS) is 22.4. The Morgan fingerprint density at radius 1 is 1.21 bits per heavy atom. The Morgan fingerprint density at radius 3 is 2.52 bits per heavy atom. The number of carbonyl (C=O) groups is 3. The third-order valence-electron chi connectivity index (χ3n) is 6.30. The van der Waals surface area contributed by atoms with Crippen molar-refractivity contribution in [1.29, 1.82) is 0 Å². The van der Waals surface area contributed by atoms with Gasteiger partial charge >= 0.3 is 5.97 Å². The molecule has 7 nitrogen and oxygen atoms in total. The number of methoxy groups -OCH3 is 1. The van der Waals surface area contributed by atoms with Gasteiger partial charge in [0.1, 0.15) is 5.75 Å². The Kier molecular flexibility index (Phi) is 6.77. The number of carboxylic acids is 1. The zero-order valence-corrected chi connectivity index (χ0v) is 17.0. The molecule has 0 aliphatic carbocycles. The molecule has 0 saturated carbocycles. The molecule has 2 fully saturated rings. The maximum Gasteiger partial charge on any atom is 0.303 e. The Labute approximate surface area is 171 Å². The van der Waals surface area contributed by atoms with Gasteiger partial charge in [-0.1, -0.05) is 18.2 Å². The number of para-hydroxylation sites is 1. The largest absolute Gasteiger partial charge is 0.496 e. The minimum absolute atomic E-state index is 0.00122. The average molecular weight is 402 g/mol. The van der Waals surface area contributed by atoms with Crippen molar-refractivity contribution < 1.29 is 24.2 Å². The topological polar surface area (TPSA) is 95.9 Å². The number of likely N-dealkylation sites (tertiary alicyclic amines) is 1. The summed E-state index contributed by atoms with van der Waals surface area (Å²) in [5, 5.41) is 11.9. The zero-order chi connectivity index (χ0) is 20.9. The van der Waals surface area contributed by atoms with Crippen molar-refractivity contribution in [2.24, 2.45) is 0 Å². The number of carbonyl (C=O) groups excluding carboxylic acids is 2. The van der Waals surface area contributed by atoms with Crippen molar-refractivity contribution in [2.45, 2.75) is 62.8 Å². The van der Waals surface area contributed by atoms with Crippen LogP contribution >= 0.6 is 0 Å². The van der Waals surface area contributed by atoms with Crippen LogP contribution in [0.3, 0.4) is 0 Å². The molecule has 1 aromatic carbocycles. The number of nitrogens with one attached hydrogen (secondary N) is 1. The first-order valence-corrected chi connectivity index (χ1v) is 10.4. The van der Waals surface area contributed by atoms with Gasteiger partial charge in [0.2, 0.25) is 11.8 Å². The van der Waals surface area contributed by atoms with Crippen molar-refractivity contribution in [1.82, 2.24) is 10.2 Å². The standard InChI is InChI=1S/C22H30N2O5/c1-29-18-5-3-2-4-17(18)16-9-14-24(15-10-16)20(26)7-12-22(13-8-21(27)28)11-6-19(25)23-22/h2-5,16H,6-15H2,1H3,(H,23,25)(H,27,28)/t22-/m1/s1. The number of piperidine rings is 1. The number of amides is 2. The number of ether oxygens (including phenoxy) is 1. The van der Waals surface area contributed by atoms with Gasteiger partial charge in [0.25, 0.3) is 0 Å². The molecule has 2 saturated heterocycles. The van der Waals surface area contributed by atoms with E-state index in [9.17, 15) is 14.4 Å². The van der Waals surface area contributed by atoms with Crippen LogP contribution in [-0.4, -0.2) is 53.5 Å². The number of benzene rings is 1. The number of aliphatic carboxylic acids is 1. The molecule has 0 unspecified atom stereocenters. The summed E-state index contributed by atoms with van der Waals surface area (Å²) < 4.78 is 5.47. The van der Waals surface area contributed by atoms with Crippen LogP contribution in [0.5, 0.6) is 5.75 Å². The predicted molar refractivity (Wildman–Crippen MR) is 108 cm³/mol. The van der Waals surface area contributed by atoms with Crippen LogP contribution in [0.15, 0.2) is 24.3 Å². The molecular weight excluding hydrogens is 372 g/mol. The molecule has 158 valence electrons. The molecule has 1 aromatic rings. The van der Waals surface area contributed by atoms with Gasteiger partial charge in [-0.2, -0.15) is 0 Å². The minimum Gasteiger partial charge on any atom is -0.496 e. The lowest BCUT2D eigenvalue weighted by Crippen LogP contribution is -2.44. The van der Waals surface area contributed by atoms with Crippen LogP contribution in [-0.2, 0) is 14.4 Å². The molecule has 0 aromatic heterocycles. The Morgan fingerprint density at radius 2 is 1.90 bits per heavy atom. The molecular formula is C22H30N2O5. The van der Waals surface area contributed by atoms with E-state index in [1.807, 2.05) is 23.1 Å². The van der Waals surface area contributed by atoms with E-state index in [2.05, 4.69) is 11.4 Å². The smallest absolute Gasteiger partial charge is 0.303 e. The third kappa shape index (κ3) is 5.28. The molecule has 0 bridgehead atoms. The monoisotopic (exact) mass is 402 g/mol. The lowest BCUT2D eigenvalue weighted by atomic mass is 9.86. The van der Waals surface area contributed by atoms with E-state index in [-0.39, 0.29) is 18.2 Å². The van der Waals surface area contributed by atoms with Gasteiger partial charge in [-0.3, -0.25) is 14.4 Å². The van der Waals surface area contributed by atoms with Crippen LogP contribution in [0, 0.1) is 0 Å². The minimum atomic E-state index is -0.879. The number of carboxylic acid groups (broad SMARTS) is 1. The molecule has 1 atom stereocenters. The van der Waals surface area contributed by atoms with Crippen LogP contribution in [0.2, 0.25) is 0 Å². The van der Waals surface area contributed by atoms with Crippen LogP contribution in [0.4, 0.5) is 0 Å². The molecule has 0 radical (unpaired) electrons. The summed E-state index contributed by atoms with van der Waals surface area (Å²) in [5.41, 5.74) is 0.643. The van der Waals surface area contributed by atoms with Gasteiger partial charge in [-0.05, 0) is 49.7 Å². The first-order valence-electron chi connectivity index (χ1n) is 10.4. The fourth-order valence-corrected chi connectivity index (χ4v) is 4.57. The van der Waals surface area contributed by atoms with Crippen molar-refractivity contribution in [2.75, 3.05) is 20.2 Å². The molecule has 0 spiro atoms. The molecule has 2 amide bonds. The second kappa shape index (κ2) is 9.29. The fraction of sp³-hybridized carbons (Fsp3) is 0.591. The van der Waals surface area contributed by atoms with Gasteiger partial charge in [0.15, 0.2) is 0 Å². The lowest BCUT2D eigenvalue weighted by molar-refractivity contribution is -0.137. The molecule has 7 heteroatoms. The van der Waals surface area contributed by atoms with Crippen LogP contribution in [0.25, 0.3) is 0 Å². The van der Waals surface area contributed by atoms with Crippen LogP contribution < -0.4 is 10.1 Å². The number of hydrogen-bond donors (Lipinski definition) is 2. The number of hydrogen-bond acceptors (Lipinski definition) is 4. The zero-order valence-electron chi connectivity index (χ0n) is 17.0. The van der Waals surface area contributed by atoms with Crippen molar-refractivity contribution in [3.8, 4) is 5.75 Å². The second-order valence-corrected chi connectivity index (χ2v) is 8.12. The summed E-state index contributed by atoms with van der Waals surface area (Å²) in [6.07, 6.45) is 3.99. The van der Waals surface area contributed by atoms with E-state index in [1.54, 1.807) is 7.11 Å². The molecule has 2 N–H and O–H groups in total. The Bertz CT molecular complexity index is 757. The Balaban J connectivity index is 1.52. The molecule has 2 aliphatic heterocycles. The summed E-state index contributed by atoms with van der Waals surface area (Å²) >= 11 is 0. The van der Waals surface area contributed by atoms with E-state index in [0.717, 1.165) is 18.6 Å². The first-order chi connectivity index (χ1) is 13.9. The molecule has 2 aliphatic rings. The van der Waals surface area contributed by atoms with Gasteiger partial charge in [0, 0.05) is 37.9 Å². The lowest BCUT2D eigenvalue weighted by Gasteiger charge is -2.34. The highest BCUT2D eigenvalue weighted by atomic mass is 16.5. The summed E-state index contributed by atoms with van der Waals surface area (Å²) in [6, 6.07) is 8.04. The quantitative estimate of drug-likeness (QED) is 0.697. The van der Waals surface area contributed by atoms with E-state index in [4.69, 9.17) is 9.84 Å². The first kappa shape index (κ1) is 21.1. The SMILES string of the molecule is COc1ccccc1C1CCN(C(=O)CC[C@@]2(CCC(=O)O)CCC(=O)N2)CC1. The van der Waals surface area contributed by atoms with Gasteiger partial charge in [-0.15, -0.1) is 0 Å². The maximum atomic E-state index is 12.8. The summed E-state index contributed by atoms with van der Waals surface area (Å²) in [4.78, 5) is 37.3. The summed E-state index contributed by atoms with van der Waals surface area (Å²) in [6.45, 7) is 1.41. The van der Waals surface area contributed by atoms with Crippen molar-refractivity contribution in [3.05, 3.63) is 29.8 Å². The highest BCUT2D eigenvalue weighted by Crippen LogP contribution is 2.35. The van der Waals surface area contributed by atoms with Crippen molar-refractivity contribution in [3.63, 3.8) is 0 Å². The van der Waals surface area contributed by atoms with E-state index in [1.165, 1.54) is 5.56 Å². The van der Waals surface area contributed by atoms with Gasteiger partial charge in [0.05, 0.1) is 7.11 Å². The predicted octanol–water partition coefficient (Wildman–Crippen LogP) is 2.70. The Hall–Kier alpha value is -2.57. The van der Waals surface area contributed by atoms with Gasteiger partial charge in [-0.25, -0.2) is 0 Å². The summed E-state index contributed by atoms with van der Waals surface area (Å²) in [5.74, 6) is 0.427. The van der Waals surface area contributed by atoms with Gasteiger partial charge < -0.3 is 20.1 Å². The average Bonchev–Trinajstić information content (AvgIpc) is 3.12. The van der Waals surface area contributed by atoms with Crippen molar-refractivity contribution >= 4 is 17.8 Å². The molecule has 29 heavy (non-hydrogen) atoms. The molecule has 3 rings (SSSR count). The summed E-state index contributed by atoms with van der Waals surface area (Å²) in [7, 11) is 1.68. The van der Waals surface area contributed by atoms with Crippen LogP contribution in [0.1, 0.15) is 62.8 Å². The highest BCUT2D eigenvalue weighted by molar-refractivity contribution is 5.80. The third-order valence-corrected chi connectivity index (χ3v) is 6.30. The maximum absolute atomic E-state index is 12.8. The van der Waals surface area contributed by atoms with E-state index >= 15 is 0 Å². The fourth-order valence-electron chi connectivity index (χ4n) is 4.57. The van der Waals surface area contributed by atoms with E-state index in [0.29, 0.717) is 51.1 Å². The highest BCUT2D eigenvalue weighted by Gasteiger charge is 2.38. The number of rotatable bonds is 8.